The van der Waals surface area contributed by atoms with Crippen LogP contribution in [0.15, 0.2) is 54.9 Å². The van der Waals surface area contributed by atoms with Gasteiger partial charge in [0.15, 0.2) is 0 Å². The van der Waals surface area contributed by atoms with Gasteiger partial charge >= 0.3 is 5.97 Å². The fourth-order valence-electron chi connectivity index (χ4n) is 3.04. The van der Waals surface area contributed by atoms with Gasteiger partial charge in [0, 0.05) is 30.7 Å². The first-order valence-corrected chi connectivity index (χ1v) is 8.79. The van der Waals surface area contributed by atoms with Crippen LogP contribution in [-0.2, 0) is 16.1 Å². The Bertz CT molecular complexity index is 747. The van der Waals surface area contributed by atoms with Gasteiger partial charge in [0.05, 0.1) is 6.54 Å². The Hall–Kier alpha value is -2.89. The van der Waals surface area contributed by atoms with Gasteiger partial charge in [0.25, 0.3) is 0 Å². The third kappa shape index (κ3) is 4.39. The van der Waals surface area contributed by atoms with Crippen LogP contribution in [0.2, 0.25) is 0 Å². The molecule has 26 heavy (non-hydrogen) atoms. The van der Waals surface area contributed by atoms with Crippen LogP contribution in [0.25, 0.3) is 0 Å². The fourth-order valence-corrected chi connectivity index (χ4v) is 3.04. The van der Waals surface area contributed by atoms with Crippen molar-refractivity contribution in [1.29, 1.82) is 0 Å². The maximum Gasteiger partial charge on any atom is 0.326 e. The summed E-state index contributed by atoms with van der Waals surface area (Å²) >= 11 is 0. The van der Waals surface area contributed by atoms with Crippen molar-refractivity contribution in [3.63, 3.8) is 0 Å². The number of amides is 1. The van der Waals surface area contributed by atoms with Crippen LogP contribution < -0.4 is 4.90 Å². The maximum atomic E-state index is 12.9. The molecule has 6 heteroatoms. The first kappa shape index (κ1) is 17.9. The van der Waals surface area contributed by atoms with Gasteiger partial charge in [-0.25, -0.2) is 4.79 Å². The topological polar surface area (TPSA) is 73.7 Å². The monoisotopic (exact) mass is 353 g/mol. The molecule has 1 unspecified atom stereocenters. The van der Waals surface area contributed by atoms with Crippen LogP contribution in [-0.4, -0.2) is 45.5 Å². The molecule has 0 saturated heterocycles. The number of carboxylic acid groups (broad SMARTS) is 1. The summed E-state index contributed by atoms with van der Waals surface area (Å²) in [5.41, 5.74) is 1.91. The number of para-hydroxylation sites is 1. The Balaban J connectivity index is 1.80. The zero-order valence-electron chi connectivity index (χ0n) is 14.8. The predicted octanol–water partition coefficient (Wildman–Crippen LogP) is 2.55. The summed E-state index contributed by atoms with van der Waals surface area (Å²) < 4.78 is 0. The van der Waals surface area contributed by atoms with Crippen molar-refractivity contribution < 1.29 is 14.7 Å². The minimum atomic E-state index is -0.969. The van der Waals surface area contributed by atoms with E-state index in [1.165, 1.54) is 4.90 Å². The highest BCUT2D eigenvalue weighted by Crippen LogP contribution is 2.29. The Kier molecular flexibility index (Phi) is 5.51. The minimum Gasteiger partial charge on any atom is -0.480 e. The van der Waals surface area contributed by atoms with Gasteiger partial charge in [-0.2, -0.15) is 0 Å². The van der Waals surface area contributed by atoms with E-state index in [0.29, 0.717) is 6.54 Å². The Morgan fingerprint density at radius 2 is 1.92 bits per heavy atom. The number of anilines is 1. The smallest absolute Gasteiger partial charge is 0.326 e. The van der Waals surface area contributed by atoms with Crippen molar-refractivity contribution in [2.24, 2.45) is 0 Å². The van der Waals surface area contributed by atoms with E-state index in [4.69, 9.17) is 0 Å². The van der Waals surface area contributed by atoms with Gasteiger partial charge in [-0.15, -0.1) is 0 Å². The van der Waals surface area contributed by atoms with E-state index in [1.54, 1.807) is 19.3 Å². The zero-order chi connectivity index (χ0) is 18.5. The fraction of sp³-hybridized carbons (Fsp3) is 0.350. The third-order valence-electron chi connectivity index (χ3n) is 4.55. The summed E-state index contributed by atoms with van der Waals surface area (Å²) in [6.45, 7) is 2.24. The van der Waals surface area contributed by atoms with Crippen LogP contribution in [0.5, 0.6) is 0 Å². The van der Waals surface area contributed by atoms with E-state index in [2.05, 4.69) is 4.98 Å². The minimum absolute atomic E-state index is 0.0459. The number of carboxylic acids is 1. The Labute approximate surface area is 153 Å². The number of aromatic nitrogens is 1. The average Bonchev–Trinajstić information content (AvgIpc) is 3.48. The molecule has 1 fully saturated rings. The van der Waals surface area contributed by atoms with E-state index in [1.807, 2.05) is 47.4 Å². The average molecular weight is 353 g/mol. The Morgan fingerprint density at radius 3 is 2.50 bits per heavy atom. The normalized spacial score (nSPS) is 14.5. The number of aliphatic carboxylic acids is 1. The summed E-state index contributed by atoms with van der Waals surface area (Å²) in [7, 11) is 0. The van der Waals surface area contributed by atoms with Crippen molar-refractivity contribution in [2.75, 3.05) is 11.4 Å². The lowest BCUT2D eigenvalue weighted by atomic mass is 10.2. The molecule has 1 aromatic carbocycles. The molecular formula is C20H23N3O3. The number of nitrogens with zero attached hydrogens (tertiary/aromatic N) is 3. The van der Waals surface area contributed by atoms with Crippen molar-refractivity contribution in [1.82, 2.24) is 9.88 Å². The molecule has 1 heterocycles. The second-order valence-electron chi connectivity index (χ2n) is 6.60. The van der Waals surface area contributed by atoms with E-state index >= 15 is 0 Å². The predicted molar refractivity (Wildman–Crippen MR) is 98.7 cm³/mol. The summed E-state index contributed by atoms with van der Waals surface area (Å²) in [5.74, 6) is -1.13. The number of hydrogen-bond donors (Lipinski definition) is 1. The lowest BCUT2D eigenvalue weighted by Crippen LogP contribution is -2.48. The molecule has 0 spiro atoms. The number of rotatable bonds is 8. The van der Waals surface area contributed by atoms with Gasteiger partial charge in [0.2, 0.25) is 5.91 Å². The van der Waals surface area contributed by atoms with Gasteiger partial charge in [-0.1, -0.05) is 24.3 Å². The summed E-state index contributed by atoms with van der Waals surface area (Å²) in [6.07, 6.45) is 5.23. The molecule has 0 aliphatic heterocycles. The number of hydrogen-bond acceptors (Lipinski definition) is 4. The molecule has 6 nitrogen and oxygen atoms in total. The van der Waals surface area contributed by atoms with E-state index in [9.17, 15) is 14.7 Å². The molecule has 1 aromatic heterocycles. The van der Waals surface area contributed by atoms with E-state index < -0.39 is 12.0 Å². The maximum absolute atomic E-state index is 12.9. The van der Waals surface area contributed by atoms with E-state index in [-0.39, 0.29) is 18.5 Å². The lowest BCUT2D eigenvalue weighted by Gasteiger charge is -2.31. The molecule has 136 valence electrons. The van der Waals surface area contributed by atoms with Gasteiger partial charge in [0.1, 0.15) is 6.04 Å². The molecular weight excluding hydrogens is 330 g/mol. The van der Waals surface area contributed by atoms with Crippen molar-refractivity contribution in [2.45, 2.75) is 38.4 Å². The summed E-state index contributed by atoms with van der Waals surface area (Å²) in [4.78, 5) is 32.0. The number of carbonyl (C=O) groups excluding carboxylic acids is 1. The molecule has 1 amide bonds. The highest BCUT2D eigenvalue weighted by atomic mass is 16.4. The SMILES string of the molecule is CC(C(=O)O)N(C(=O)CN(Cc1cccnc1)c1ccccc1)C1CC1. The zero-order valence-corrected chi connectivity index (χ0v) is 14.8. The first-order chi connectivity index (χ1) is 12.6. The van der Waals surface area contributed by atoms with Crippen LogP contribution in [0.1, 0.15) is 25.3 Å². The molecule has 1 aliphatic rings. The van der Waals surface area contributed by atoms with Crippen molar-refractivity contribution >= 4 is 17.6 Å². The van der Waals surface area contributed by atoms with Crippen LogP contribution in [0.3, 0.4) is 0 Å². The van der Waals surface area contributed by atoms with Crippen molar-refractivity contribution in [3.8, 4) is 0 Å². The largest absolute Gasteiger partial charge is 0.480 e. The van der Waals surface area contributed by atoms with Crippen LogP contribution in [0, 0.1) is 0 Å². The second-order valence-corrected chi connectivity index (χ2v) is 6.60. The standard InChI is InChI=1S/C20H23N3O3/c1-15(20(25)26)23(18-9-10-18)19(24)14-22(17-7-3-2-4-8-17)13-16-6-5-11-21-12-16/h2-8,11-12,15,18H,9-10,13-14H2,1H3,(H,25,26). The molecule has 1 saturated carbocycles. The van der Waals surface area contributed by atoms with Crippen LogP contribution in [0.4, 0.5) is 5.69 Å². The third-order valence-corrected chi connectivity index (χ3v) is 4.55. The number of benzene rings is 1. The second kappa shape index (κ2) is 7.99. The van der Waals surface area contributed by atoms with Crippen LogP contribution >= 0.6 is 0 Å². The van der Waals surface area contributed by atoms with E-state index in [0.717, 1.165) is 24.1 Å². The molecule has 0 bridgehead atoms. The van der Waals surface area contributed by atoms with Gasteiger partial charge in [-0.3, -0.25) is 9.78 Å². The summed E-state index contributed by atoms with van der Waals surface area (Å²) in [6, 6.07) is 12.7. The molecule has 1 atom stereocenters. The molecule has 2 aromatic rings. The highest BCUT2D eigenvalue weighted by Gasteiger charge is 2.38. The highest BCUT2D eigenvalue weighted by molar-refractivity contribution is 5.87. The van der Waals surface area contributed by atoms with Gasteiger partial charge in [-0.05, 0) is 43.5 Å². The van der Waals surface area contributed by atoms with Crippen molar-refractivity contribution in [3.05, 3.63) is 60.4 Å². The molecule has 3 rings (SSSR count). The molecule has 1 aliphatic carbocycles. The Morgan fingerprint density at radius 1 is 1.19 bits per heavy atom. The molecule has 0 radical (unpaired) electrons. The quantitative estimate of drug-likeness (QED) is 0.789. The molecule has 1 N–H and O–H groups in total. The lowest BCUT2D eigenvalue weighted by molar-refractivity contribution is -0.149. The number of carbonyl (C=O) groups is 2. The number of pyridine rings is 1. The van der Waals surface area contributed by atoms with Gasteiger partial charge < -0.3 is 14.9 Å². The first-order valence-electron chi connectivity index (χ1n) is 8.79. The summed E-state index contributed by atoms with van der Waals surface area (Å²) in [5, 5.41) is 9.35.